The van der Waals surface area contributed by atoms with E-state index < -0.39 is 5.97 Å². The fraction of sp³-hybridized carbons (Fsp3) is 0.450. The predicted molar refractivity (Wildman–Crippen MR) is 103 cm³/mol. The lowest BCUT2D eigenvalue weighted by molar-refractivity contribution is -0.137. The van der Waals surface area contributed by atoms with Crippen LogP contribution >= 0.6 is 0 Å². The molecular formula is C20H27N3O4. The van der Waals surface area contributed by atoms with Crippen LogP contribution in [0.2, 0.25) is 0 Å². The zero-order valence-corrected chi connectivity index (χ0v) is 16.2. The highest BCUT2D eigenvalue weighted by Crippen LogP contribution is 2.32. The summed E-state index contributed by atoms with van der Waals surface area (Å²) in [5.74, 6) is -0.400. The van der Waals surface area contributed by atoms with E-state index in [0.717, 1.165) is 22.5 Å². The van der Waals surface area contributed by atoms with E-state index in [1.165, 1.54) is 0 Å². The zero-order chi connectivity index (χ0) is 19.8. The van der Waals surface area contributed by atoms with Crippen molar-refractivity contribution in [1.82, 2.24) is 9.97 Å². The van der Waals surface area contributed by atoms with Crippen LogP contribution in [0.3, 0.4) is 0 Å². The molecule has 0 bridgehead atoms. The number of aromatic nitrogens is 2. The Kier molecular flexibility index (Phi) is 7.69. The van der Waals surface area contributed by atoms with Crippen LogP contribution < -0.4 is 5.32 Å². The van der Waals surface area contributed by atoms with Gasteiger partial charge in [0.1, 0.15) is 5.82 Å². The third-order valence-corrected chi connectivity index (χ3v) is 4.25. The molecule has 1 aromatic carbocycles. The number of ether oxygens (including phenoxy) is 2. The van der Waals surface area contributed by atoms with Gasteiger partial charge in [0.25, 0.3) is 0 Å². The van der Waals surface area contributed by atoms with Gasteiger partial charge in [-0.15, -0.1) is 0 Å². The largest absolute Gasteiger partial charge is 0.481 e. The summed E-state index contributed by atoms with van der Waals surface area (Å²) < 4.78 is 11.0. The maximum absolute atomic E-state index is 11.2. The van der Waals surface area contributed by atoms with Crippen molar-refractivity contribution in [1.29, 1.82) is 0 Å². The summed E-state index contributed by atoms with van der Waals surface area (Å²) >= 11 is 0. The predicted octanol–water partition coefficient (Wildman–Crippen LogP) is 3.83. The molecule has 27 heavy (non-hydrogen) atoms. The zero-order valence-electron chi connectivity index (χ0n) is 16.2. The van der Waals surface area contributed by atoms with Crippen molar-refractivity contribution in [3.63, 3.8) is 0 Å². The first-order valence-corrected chi connectivity index (χ1v) is 8.96. The van der Waals surface area contributed by atoms with E-state index in [2.05, 4.69) is 15.3 Å². The van der Waals surface area contributed by atoms with Crippen LogP contribution in [0.15, 0.2) is 30.6 Å². The van der Waals surface area contributed by atoms with Crippen LogP contribution in [0.5, 0.6) is 0 Å². The lowest BCUT2D eigenvalue weighted by Gasteiger charge is -2.21. The molecule has 146 valence electrons. The molecule has 0 aliphatic rings. The molecule has 0 fully saturated rings. The molecule has 0 amide bonds. The number of aryl methyl sites for hydroxylation is 1. The summed E-state index contributed by atoms with van der Waals surface area (Å²) in [4.78, 5) is 19.6. The summed E-state index contributed by atoms with van der Waals surface area (Å²) in [5.41, 5.74) is 3.46. The second-order valence-corrected chi connectivity index (χ2v) is 6.34. The Balaban J connectivity index is 2.40. The third-order valence-electron chi connectivity index (χ3n) is 4.25. The van der Waals surface area contributed by atoms with Gasteiger partial charge in [0, 0.05) is 30.9 Å². The van der Waals surface area contributed by atoms with Crippen molar-refractivity contribution >= 4 is 17.3 Å². The monoisotopic (exact) mass is 373 g/mol. The Morgan fingerprint density at radius 3 is 2.59 bits per heavy atom. The van der Waals surface area contributed by atoms with E-state index in [4.69, 9.17) is 9.47 Å². The summed E-state index contributed by atoms with van der Waals surface area (Å²) in [7, 11) is 1.57. The van der Waals surface area contributed by atoms with Crippen molar-refractivity contribution in [2.24, 2.45) is 0 Å². The van der Waals surface area contributed by atoms with Gasteiger partial charge in [-0.05, 0) is 32.4 Å². The number of nitrogens with zero attached hydrogens (tertiary/aromatic N) is 2. The van der Waals surface area contributed by atoms with E-state index in [-0.39, 0.29) is 18.4 Å². The van der Waals surface area contributed by atoms with Gasteiger partial charge in [-0.3, -0.25) is 4.79 Å². The van der Waals surface area contributed by atoms with Crippen LogP contribution in [0.1, 0.15) is 49.2 Å². The minimum absolute atomic E-state index is 0.00127. The highest BCUT2D eigenvalue weighted by atomic mass is 16.5. The van der Waals surface area contributed by atoms with Gasteiger partial charge in [-0.2, -0.15) is 0 Å². The van der Waals surface area contributed by atoms with E-state index in [1.54, 1.807) is 19.5 Å². The maximum atomic E-state index is 11.2. The van der Waals surface area contributed by atoms with Crippen molar-refractivity contribution in [3.05, 3.63) is 47.5 Å². The van der Waals surface area contributed by atoms with Crippen LogP contribution in [-0.2, 0) is 14.3 Å². The van der Waals surface area contributed by atoms with Crippen molar-refractivity contribution in [2.75, 3.05) is 25.6 Å². The summed E-state index contributed by atoms with van der Waals surface area (Å²) in [5, 5.41) is 12.5. The number of carboxylic acids is 1. The quantitative estimate of drug-likeness (QED) is 0.653. The molecule has 2 atom stereocenters. The minimum Gasteiger partial charge on any atom is -0.481 e. The summed E-state index contributed by atoms with van der Waals surface area (Å²) in [6, 6.07) is 5.86. The molecule has 0 saturated carbocycles. The molecule has 0 unspecified atom stereocenters. The van der Waals surface area contributed by atoms with Crippen molar-refractivity contribution < 1.29 is 19.4 Å². The average molecular weight is 373 g/mol. The smallest absolute Gasteiger partial charge is 0.304 e. The molecule has 2 N–H and O–H groups in total. The molecule has 2 aromatic rings. The number of rotatable bonds is 10. The number of aliphatic carboxylic acids is 1. The van der Waals surface area contributed by atoms with Crippen LogP contribution in [0.4, 0.5) is 11.4 Å². The van der Waals surface area contributed by atoms with Gasteiger partial charge in [-0.25, -0.2) is 9.97 Å². The summed E-state index contributed by atoms with van der Waals surface area (Å²) in [6.07, 6.45) is 3.32. The van der Waals surface area contributed by atoms with E-state index in [1.807, 2.05) is 39.0 Å². The SMILES string of the molecule is CCO[C@H](C)c1ccc([C@H](COC)CC(=O)O)cc1Nc1cnc(C)nc1. The first-order valence-electron chi connectivity index (χ1n) is 8.96. The van der Waals surface area contributed by atoms with Gasteiger partial charge in [0.15, 0.2) is 0 Å². The molecular weight excluding hydrogens is 346 g/mol. The molecule has 0 spiro atoms. The minimum atomic E-state index is -0.856. The first kappa shape index (κ1) is 20.8. The fourth-order valence-electron chi connectivity index (χ4n) is 2.93. The second-order valence-electron chi connectivity index (χ2n) is 6.34. The van der Waals surface area contributed by atoms with Crippen molar-refractivity contribution in [3.8, 4) is 0 Å². The molecule has 1 aromatic heterocycles. The van der Waals surface area contributed by atoms with Gasteiger partial charge in [0.2, 0.25) is 0 Å². The Morgan fingerprint density at radius 2 is 2.00 bits per heavy atom. The van der Waals surface area contributed by atoms with E-state index >= 15 is 0 Å². The molecule has 7 heteroatoms. The molecule has 7 nitrogen and oxygen atoms in total. The van der Waals surface area contributed by atoms with Gasteiger partial charge in [-0.1, -0.05) is 12.1 Å². The van der Waals surface area contributed by atoms with Crippen LogP contribution in [0.25, 0.3) is 0 Å². The van der Waals surface area contributed by atoms with Crippen molar-refractivity contribution in [2.45, 2.75) is 39.2 Å². The van der Waals surface area contributed by atoms with E-state index in [9.17, 15) is 9.90 Å². The number of benzene rings is 1. The summed E-state index contributed by atoms with van der Waals surface area (Å²) in [6.45, 7) is 6.70. The highest BCUT2D eigenvalue weighted by Gasteiger charge is 2.19. The number of hydrogen-bond donors (Lipinski definition) is 2. The first-order chi connectivity index (χ1) is 12.9. The molecule has 0 aliphatic carbocycles. The van der Waals surface area contributed by atoms with E-state index in [0.29, 0.717) is 19.0 Å². The van der Waals surface area contributed by atoms with Gasteiger partial charge >= 0.3 is 5.97 Å². The topological polar surface area (TPSA) is 93.6 Å². The highest BCUT2D eigenvalue weighted by molar-refractivity contribution is 5.69. The Bertz CT molecular complexity index is 749. The number of anilines is 2. The standard InChI is InChI=1S/C20H27N3O4/c1-5-27-13(2)18-7-6-15(16(12-26-4)9-20(24)25)8-19(18)23-17-10-21-14(3)22-11-17/h6-8,10-11,13,16,23H,5,9,12H2,1-4H3,(H,24,25)/t13-,16+/m1/s1. The Morgan fingerprint density at radius 1 is 1.30 bits per heavy atom. The van der Waals surface area contributed by atoms with Crippen LogP contribution in [0, 0.1) is 6.92 Å². The third kappa shape index (κ3) is 6.01. The van der Waals surface area contributed by atoms with Crippen LogP contribution in [-0.4, -0.2) is 41.4 Å². The number of nitrogens with one attached hydrogen (secondary N) is 1. The molecule has 1 heterocycles. The fourth-order valence-corrected chi connectivity index (χ4v) is 2.93. The Labute approximate surface area is 159 Å². The average Bonchev–Trinajstić information content (AvgIpc) is 2.63. The van der Waals surface area contributed by atoms with Gasteiger partial charge in [0.05, 0.1) is 37.2 Å². The molecule has 2 rings (SSSR count). The van der Waals surface area contributed by atoms with Gasteiger partial charge < -0.3 is 19.9 Å². The number of hydrogen-bond acceptors (Lipinski definition) is 6. The lowest BCUT2D eigenvalue weighted by atomic mass is 9.93. The normalized spacial score (nSPS) is 13.2. The number of carbonyl (C=O) groups is 1. The number of methoxy groups -OCH3 is 1. The lowest BCUT2D eigenvalue weighted by Crippen LogP contribution is -2.13. The maximum Gasteiger partial charge on any atom is 0.304 e. The molecule has 0 radical (unpaired) electrons. The number of carboxylic acid groups (broad SMARTS) is 1. The second kappa shape index (κ2) is 9.99. The molecule has 0 saturated heterocycles. The molecule has 0 aliphatic heterocycles. The Hall–Kier alpha value is -2.51.